The van der Waals surface area contributed by atoms with E-state index >= 15 is 0 Å². The third-order valence-electron chi connectivity index (χ3n) is 4.16. The van der Waals surface area contributed by atoms with Gasteiger partial charge in [-0.05, 0) is 6.42 Å². The largest absolute Gasteiger partial charge is 0.383 e. The molecule has 126 valence electrons. The maximum absolute atomic E-state index is 10.6. The molecule has 0 fully saturated rings. The van der Waals surface area contributed by atoms with Crippen LogP contribution in [0.3, 0.4) is 0 Å². The van der Waals surface area contributed by atoms with Crippen molar-refractivity contribution in [2.75, 3.05) is 0 Å². The van der Waals surface area contributed by atoms with Crippen molar-refractivity contribution >= 4 is 5.91 Å². The highest BCUT2D eigenvalue weighted by molar-refractivity contribution is 5.78. The summed E-state index contributed by atoms with van der Waals surface area (Å²) in [6, 6.07) is 0. The van der Waals surface area contributed by atoms with Gasteiger partial charge in [-0.15, -0.1) is 0 Å². The number of aliphatic hydroxyl groups excluding tert-OH is 1. The van der Waals surface area contributed by atoms with E-state index in [1.165, 1.54) is 77.0 Å². The van der Waals surface area contributed by atoms with Crippen molar-refractivity contribution in [2.24, 2.45) is 5.73 Å². The highest BCUT2D eigenvalue weighted by Gasteiger charge is 2.09. The lowest BCUT2D eigenvalue weighted by molar-refractivity contribution is -0.126. The third-order valence-corrected chi connectivity index (χ3v) is 4.16. The predicted octanol–water partition coefficient (Wildman–Crippen LogP) is 4.70. The van der Waals surface area contributed by atoms with Crippen LogP contribution in [0.15, 0.2) is 0 Å². The van der Waals surface area contributed by atoms with Crippen LogP contribution in [-0.2, 0) is 4.79 Å². The minimum atomic E-state index is -0.942. The molecule has 0 saturated carbocycles. The molecule has 0 aliphatic rings. The number of aliphatic hydroxyl groups is 1. The first-order chi connectivity index (χ1) is 10.2. The van der Waals surface area contributed by atoms with E-state index in [9.17, 15) is 9.90 Å². The average molecular weight is 299 g/mol. The van der Waals surface area contributed by atoms with Crippen LogP contribution in [0.2, 0.25) is 0 Å². The van der Waals surface area contributed by atoms with Crippen molar-refractivity contribution in [3.05, 3.63) is 0 Å². The SMILES string of the molecule is CCCCCCCCCCCCCCCCC(O)C(N)=O. The summed E-state index contributed by atoms with van der Waals surface area (Å²) in [5.74, 6) is -0.593. The quantitative estimate of drug-likeness (QED) is 0.406. The Bertz CT molecular complexity index is 231. The molecule has 1 amide bonds. The van der Waals surface area contributed by atoms with E-state index in [2.05, 4.69) is 6.92 Å². The zero-order chi connectivity index (χ0) is 15.8. The monoisotopic (exact) mass is 299 g/mol. The number of carbonyl (C=O) groups is 1. The van der Waals surface area contributed by atoms with Crippen LogP contribution >= 0.6 is 0 Å². The molecule has 3 N–H and O–H groups in total. The van der Waals surface area contributed by atoms with E-state index in [-0.39, 0.29) is 0 Å². The van der Waals surface area contributed by atoms with Gasteiger partial charge in [0, 0.05) is 0 Å². The summed E-state index contributed by atoms with van der Waals surface area (Å²) in [5, 5.41) is 9.24. The summed E-state index contributed by atoms with van der Waals surface area (Å²) in [4.78, 5) is 10.6. The molecule has 0 heterocycles. The molecule has 3 heteroatoms. The second kappa shape index (κ2) is 15.8. The second-order valence-electron chi connectivity index (χ2n) is 6.30. The maximum atomic E-state index is 10.6. The Morgan fingerprint density at radius 3 is 1.43 bits per heavy atom. The normalized spacial score (nSPS) is 12.5. The number of nitrogens with two attached hydrogens (primary N) is 1. The van der Waals surface area contributed by atoms with Gasteiger partial charge in [0.2, 0.25) is 5.91 Å². The number of carbonyl (C=O) groups excluding carboxylic acids is 1. The van der Waals surface area contributed by atoms with Gasteiger partial charge in [-0.25, -0.2) is 0 Å². The number of hydrogen-bond donors (Lipinski definition) is 2. The molecule has 0 aromatic rings. The van der Waals surface area contributed by atoms with Gasteiger partial charge in [0.25, 0.3) is 0 Å². The van der Waals surface area contributed by atoms with Crippen LogP contribution < -0.4 is 5.73 Å². The fourth-order valence-corrected chi connectivity index (χ4v) is 2.67. The Kier molecular flexibility index (Phi) is 15.4. The fourth-order valence-electron chi connectivity index (χ4n) is 2.67. The van der Waals surface area contributed by atoms with Gasteiger partial charge in [0.05, 0.1) is 0 Å². The van der Waals surface area contributed by atoms with Gasteiger partial charge >= 0.3 is 0 Å². The van der Waals surface area contributed by atoms with Crippen molar-refractivity contribution in [1.29, 1.82) is 0 Å². The van der Waals surface area contributed by atoms with Crippen molar-refractivity contribution in [1.82, 2.24) is 0 Å². The van der Waals surface area contributed by atoms with Gasteiger partial charge in [-0.1, -0.05) is 96.8 Å². The van der Waals surface area contributed by atoms with Crippen molar-refractivity contribution in [2.45, 2.75) is 109 Å². The van der Waals surface area contributed by atoms with E-state index in [0.29, 0.717) is 6.42 Å². The molecule has 0 saturated heterocycles. The summed E-state index contributed by atoms with van der Waals surface area (Å²) in [6.45, 7) is 2.26. The molecule has 1 unspecified atom stereocenters. The van der Waals surface area contributed by atoms with Crippen LogP contribution in [0, 0.1) is 0 Å². The molecular formula is C18H37NO2. The maximum Gasteiger partial charge on any atom is 0.246 e. The molecule has 0 radical (unpaired) electrons. The molecule has 1 atom stereocenters. The summed E-state index contributed by atoms with van der Waals surface area (Å²) >= 11 is 0. The molecule has 0 rings (SSSR count). The van der Waals surface area contributed by atoms with Crippen LogP contribution in [0.1, 0.15) is 103 Å². The summed E-state index contributed by atoms with van der Waals surface area (Å²) in [7, 11) is 0. The number of primary amides is 1. The van der Waals surface area contributed by atoms with Crippen LogP contribution in [0.5, 0.6) is 0 Å². The Labute approximate surface area is 131 Å². The molecule has 0 aromatic heterocycles. The lowest BCUT2D eigenvalue weighted by atomic mass is 10.0. The van der Waals surface area contributed by atoms with Crippen molar-refractivity contribution < 1.29 is 9.90 Å². The topological polar surface area (TPSA) is 63.3 Å². The zero-order valence-electron chi connectivity index (χ0n) is 14.1. The highest BCUT2D eigenvalue weighted by atomic mass is 16.3. The van der Waals surface area contributed by atoms with Gasteiger partial charge in [-0.3, -0.25) is 4.79 Å². The van der Waals surface area contributed by atoms with Gasteiger partial charge in [0.1, 0.15) is 6.10 Å². The first-order valence-electron chi connectivity index (χ1n) is 9.16. The van der Waals surface area contributed by atoms with E-state index in [1.807, 2.05) is 0 Å². The standard InChI is InChI=1S/C18H37NO2/c1-2-3-4-5-6-7-8-9-10-11-12-13-14-15-16-17(20)18(19)21/h17,20H,2-16H2,1H3,(H2,19,21). The lowest BCUT2D eigenvalue weighted by Gasteiger charge is -2.06. The highest BCUT2D eigenvalue weighted by Crippen LogP contribution is 2.13. The van der Waals surface area contributed by atoms with Gasteiger partial charge < -0.3 is 10.8 Å². The first kappa shape index (κ1) is 20.4. The first-order valence-corrected chi connectivity index (χ1v) is 9.16. The Morgan fingerprint density at radius 1 is 0.762 bits per heavy atom. The molecule has 0 aromatic carbocycles. The molecule has 21 heavy (non-hydrogen) atoms. The summed E-state index contributed by atoms with van der Waals surface area (Å²) in [6.07, 6.45) is 17.9. The fraction of sp³-hybridized carbons (Fsp3) is 0.944. The summed E-state index contributed by atoms with van der Waals surface area (Å²) in [5.41, 5.74) is 5.00. The predicted molar refractivity (Wildman–Crippen MR) is 90.1 cm³/mol. The van der Waals surface area contributed by atoms with Gasteiger partial charge in [0.15, 0.2) is 0 Å². The van der Waals surface area contributed by atoms with Crippen LogP contribution in [-0.4, -0.2) is 17.1 Å². The molecule has 0 aliphatic heterocycles. The van der Waals surface area contributed by atoms with E-state index < -0.39 is 12.0 Å². The van der Waals surface area contributed by atoms with Crippen molar-refractivity contribution in [3.63, 3.8) is 0 Å². The minimum Gasteiger partial charge on any atom is -0.383 e. The summed E-state index contributed by atoms with van der Waals surface area (Å²) < 4.78 is 0. The number of rotatable bonds is 16. The Balaban J connectivity index is 3.04. The molecule has 0 spiro atoms. The average Bonchev–Trinajstić information content (AvgIpc) is 2.47. The third kappa shape index (κ3) is 15.6. The molecule has 3 nitrogen and oxygen atoms in total. The van der Waals surface area contributed by atoms with E-state index in [1.54, 1.807) is 0 Å². The van der Waals surface area contributed by atoms with Gasteiger partial charge in [-0.2, -0.15) is 0 Å². The molecule has 0 aliphatic carbocycles. The van der Waals surface area contributed by atoms with Crippen LogP contribution in [0.4, 0.5) is 0 Å². The Morgan fingerprint density at radius 2 is 1.10 bits per heavy atom. The second-order valence-corrected chi connectivity index (χ2v) is 6.30. The number of amides is 1. The Hall–Kier alpha value is -0.570. The molecular weight excluding hydrogens is 262 g/mol. The number of unbranched alkanes of at least 4 members (excludes halogenated alkanes) is 13. The smallest absolute Gasteiger partial charge is 0.246 e. The minimum absolute atomic E-state index is 0.521. The van der Waals surface area contributed by atoms with E-state index in [4.69, 9.17) is 5.73 Å². The van der Waals surface area contributed by atoms with E-state index in [0.717, 1.165) is 12.8 Å². The number of hydrogen-bond acceptors (Lipinski definition) is 2. The zero-order valence-corrected chi connectivity index (χ0v) is 14.1. The van der Waals surface area contributed by atoms with Crippen LogP contribution in [0.25, 0.3) is 0 Å². The lowest BCUT2D eigenvalue weighted by Crippen LogP contribution is -2.27. The molecule has 0 bridgehead atoms. The van der Waals surface area contributed by atoms with Crippen molar-refractivity contribution in [3.8, 4) is 0 Å².